The van der Waals surface area contributed by atoms with E-state index < -0.39 is 0 Å². The van der Waals surface area contributed by atoms with E-state index in [0.717, 1.165) is 28.7 Å². The number of hydrogen-bond acceptors (Lipinski definition) is 3. The average molecular weight is 419 g/mol. The van der Waals surface area contributed by atoms with Gasteiger partial charge in [-0.15, -0.1) is 11.8 Å². The molecular weight excluding hydrogens is 388 g/mol. The molecule has 0 aliphatic heterocycles. The Bertz CT molecular complexity index is 1120. The Morgan fingerprint density at radius 3 is 2.87 bits per heavy atom. The quantitative estimate of drug-likeness (QED) is 0.479. The number of fused-ring (bicyclic) bond motifs is 6. The number of aryl methyl sites for hydroxylation is 1. The summed E-state index contributed by atoms with van der Waals surface area (Å²) in [5.74, 6) is 2.68. The van der Waals surface area contributed by atoms with Gasteiger partial charge < -0.3 is 9.67 Å². The monoisotopic (exact) mass is 418 g/mol. The minimum absolute atomic E-state index is 0.349. The molecule has 1 N–H and O–H groups in total. The fraction of sp³-hybridized carbons (Fsp3) is 0.500. The maximum absolute atomic E-state index is 10.4. The summed E-state index contributed by atoms with van der Waals surface area (Å²) in [6, 6.07) is 13.5. The van der Waals surface area contributed by atoms with Crippen LogP contribution in [0, 0.1) is 17.3 Å². The topological polar surface area (TPSA) is 38.0 Å². The minimum atomic E-state index is 0.349. The van der Waals surface area contributed by atoms with Crippen molar-refractivity contribution in [3.63, 3.8) is 0 Å². The predicted molar refractivity (Wildman–Crippen MR) is 123 cm³/mol. The van der Waals surface area contributed by atoms with Crippen LogP contribution in [0.4, 0.5) is 0 Å². The molecule has 0 bridgehead atoms. The molecule has 3 aromatic rings. The molecule has 0 spiro atoms. The average Bonchev–Trinajstić information content (AvgIpc) is 3.33. The van der Waals surface area contributed by atoms with Gasteiger partial charge in [-0.1, -0.05) is 19.1 Å². The lowest BCUT2D eigenvalue weighted by Crippen LogP contribution is -2.42. The molecule has 2 fully saturated rings. The van der Waals surface area contributed by atoms with Gasteiger partial charge in [0.1, 0.15) is 5.75 Å². The zero-order valence-electron chi connectivity index (χ0n) is 17.8. The van der Waals surface area contributed by atoms with E-state index in [2.05, 4.69) is 60.5 Å². The third kappa shape index (κ3) is 2.55. The summed E-state index contributed by atoms with van der Waals surface area (Å²) in [4.78, 5) is 5.75. The van der Waals surface area contributed by atoms with E-state index in [1.54, 1.807) is 11.8 Å². The first kappa shape index (κ1) is 18.8. The molecule has 2 aromatic carbocycles. The number of benzene rings is 2. The van der Waals surface area contributed by atoms with Crippen LogP contribution < -0.4 is 0 Å². The summed E-state index contributed by atoms with van der Waals surface area (Å²) in [5.41, 5.74) is 5.69. The Kier molecular flexibility index (Phi) is 4.25. The maximum atomic E-state index is 10.4. The molecule has 6 rings (SSSR count). The van der Waals surface area contributed by atoms with Crippen molar-refractivity contribution in [3.05, 3.63) is 53.9 Å². The first-order valence-electron chi connectivity index (χ1n) is 11.4. The molecule has 0 amide bonds. The van der Waals surface area contributed by atoms with Gasteiger partial charge in [-0.25, -0.2) is 4.98 Å². The number of aromatic hydroxyl groups is 1. The van der Waals surface area contributed by atoms with Crippen LogP contribution in [0.25, 0.3) is 11.0 Å². The van der Waals surface area contributed by atoms with Gasteiger partial charge in [0.2, 0.25) is 0 Å². The second kappa shape index (κ2) is 6.78. The number of imidazole rings is 1. The van der Waals surface area contributed by atoms with E-state index in [4.69, 9.17) is 4.98 Å². The lowest BCUT2D eigenvalue weighted by Gasteiger charge is -2.51. The van der Waals surface area contributed by atoms with Crippen LogP contribution in [-0.2, 0) is 6.42 Å². The van der Waals surface area contributed by atoms with Crippen LogP contribution in [0.5, 0.6) is 5.75 Å². The number of para-hydroxylation sites is 2. The molecule has 1 heterocycles. The lowest BCUT2D eigenvalue weighted by molar-refractivity contribution is 0.0331. The second-order valence-corrected chi connectivity index (χ2v) is 10.8. The summed E-state index contributed by atoms with van der Waals surface area (Å²) < 4.78 is 2.50. The highest BCUT2D eigenvalue weighted by molar-refractivity contribution is 7.98. The second-order valence-electron chi connectivity index (χ2n) is 9.92. The van der Waals surface area contributed by atoms with Crippen LogP contribution in [0.2, 0.25) is 0 Å². The Hall–Kier alpha value is -1.94. The fourth-order valence-electron chi connectivity index (χ4n) is 7.41. The molecule has 5 atom stereocenters. The van der Waals surface area contributed by atoms with Crippen LogP contribution in [-0.4, -0.2) is 20.9 Å². The maximum Gasteiger partial charge on any atom is 0.129 e. The summed E-state index contributed by atoms with van der Waals surface area (Å²) >= 11 is 1.67. The lowest BCUT2D eigenvalue weighted by atomic mass is 9.55. The van der Waals surface area contributed by atoms with Crippen molar-refractivity contribution >= 4 is 22.8 Å². The molecule has 1 aromatic heterocycles. The highest BCUT2D eigenvalue weighted by atomic mass is 32.2. The third-order valence-electron chi connectivity index (χ3n) is 8.79. The number of nitrogens with zero attached hydrogens (tertiary/aromatic N) is 2. The van der Waals surface area contributed by atoms with Crippen molar-refractivity contribution in [1.29, 1.82) is 0 Å². The van der Waals surface area contributed by atoms with Gasteiger partial charge in [-0.05, 0) is 103 Å². The molecular formula is C26H30N2OS. The minimum Gasteiger partial charge on any atom is -0.507 e. The molecule has 1 unspecified atom stereocenters. The number of thioether (sulfide) groups is 1. The molecule has 3 nitrogen and oxygen atoms in total. The summed E-state index contributed by atoms with van der Waals surface area (Å²) in [7, 11) is 0. The van der Waals surface area contributed by atoms with E-state index in [0.29, 0.717) is 23.1 Å². The smallest absolute Gasteiger partial charge is 0.129 e. The summed E-state index contributed by atoms with van der Waals surface area (Å²) in [6.07, 6.45) is 11.7. The van der Waals surface area contributed by atoms with Gasteiger partial charge in [0.25, 0.3) is 0 Å². The van der Waals surface area contributed by atoms with Gasteiger partial charge in [-0.3, -0.25) is 0 Å². The zero-order valence-corrected chi connectivity index (χ0v) is 18.7. The number of phenolic OH excluding ortho intramolecular Hbond substituents is 1. The van der Waals surface area contributed by atoms with Crippen LogP contribution in [0.1, 0.15) is 62.1 Å². The first-order valence-corrected chi connectivity index (χ1v) is 12.6. The Morgan fingerprint density at radius 1 is 1.13 bits per heavy atom. The van der Waals surface area contributed by atoms with Gasteiger partial charge in [-0.2, -0.15) is 0 Å². The van der Waals surface area contributed by atoms with E-state index in [9.17, 15) is 5.11 Å². The molecule has 4 heteroatoms. The fourth-order valence-corrected chi connectivity index (χ4v) is 7.92. The number of hydrogen-bond donors (Lipinski definition) is 1. The molecule has 0 saturated heterocycles. The van der Waals surface area contributed by atoms with E-state index in [1.807, 2.05) is 0 Å². The molecule has 30 heavy (non-hydrogen) atoms. The highest BCUT2D eigenvalue weighted by Gasteiger charge is 2.55. The summed E-state index contributed by atoms with van der Waals surface area (Å²) in [5, 5.41) is 10.4. The van der Waals surface area contributed by atoms with Crippen molar-refractivity contribution in [1.82, 2.24) is 9.55 Å². The van der Waals surface area contributed by atoms with Crippen molar-refractivity contribution in [3.8, 4) is 5.75 Å². The van der Waals surface area contributed by atoms with Crippen LogP contribution >= 0.6 is 11.8 Å². The molecule has 2 saturated carbocycles. The van der Waals surface area contributed by atoms with Crippen LogP contribution in [0.15, 0.2) is 47.6 Å². The van der Waals surface area contributed by atoms with Gasteiger partial charge >= 0.3 is 0 Å². The van der Waals surface area contributed by atoms with Crippen molar-refractivity contribution < 1.29 is 5.11 Å². The SMILES string of the molecule is CSc1cc2c(cc1O)CC[C@@H]1[C@@H]2CC[C@]2(C)C(n3cnc4ccccc43)CC[C@@H]12. The van der Waals surface area contributed by atoms with E-state index in [-0.39, 0.29) is 0 Å². The van der Waals surface area contributed by atoms with E-state index in [1.165, 1.54) is 48.7 Å². The van der Waals surface area contributed by atoms with Crippen LogP contribution in [0.3, 0.4) is 0 Å². The van der Waals surface area contributed by atoms with Gasteiger partial charge in [0.15, 0.2) is 0 Å². The predicted octanol–water partition coefficient (Wildman–Crippen LogP) is 6.56. The van der Waals surface area contributed by atoms with Crippen molar-refractivity contribution in [2.45, 2.75) is 62.3 Å². The van der Waals surface area contributed by atoms with E-state index >= 15 is 0 Å². The summed E-state index contributed by atoms with van der Waals surface area (Å²) in [6.45, 7) is 2.57. The number of phenols is 1. The van der Waals surface area contributed by atoms with Gasteiger partial charge in [0.05, 0.1) is 17.4 Å². The Morgan fingerprint density at radius 2 is 2.00 bits per heavy atom. The normalized spacial score (nSPS) is 32.6. The Labute approximate surface area is 182 Å². The Balaban J connectivity index is 1.36. The van der Waals surface area contributed by atoms with Gasteiger partial charge in [0, 0.05) is 10.9 Å². The van der Waals surface area contributed by atoms with Crippen molar-refractivity contribution in [2.24, 2.45) is 17.3 Å². The molecule has 3 aliphatic rings. The third-order valence-corrected chi connectivity index (χ3v) is 9.56. The standard InChI is InChI=1S/C26H30N2OS/c1-26-12-11-17-18(8-7-16-13-23(29)24(30-2)14-19(16)17)20(26)9-10-25(26)28-15-27-21-5-3-4-6-22(21)28/h3-6,13-15,17-18,20,25,29H,7-12H2,1-2H3/t17-,18+,20-,25?,26-/m0/s1. The number of aromatic nitrogens is 2. The molecule has 156 valence electrons. The largest absolute Gasteiger partial charge is 0.507 e. The zero-order chi connectivity index (χ0) is 20.5. The van der Waals surface area contributed by atoms with Crippen molar-refractivity contribution in [2.75, 3.05) is 6.26 Å². The molecule has 3 aliphatic carbocycles. The highest BCUT2D eigenvalue weighted by Crippen LogP contribution is 2.64. The number of rotatable bonds is 2. The first-order chi connectivity index (χ1) is 14.6. The molecule has 0 radical (unpaired) electrons.